The van der Waals surface area contributed by atoms with Crippen LogP contribution in [0.4, 0.5) is 0 Å². The zero-order chi connectivity index (χ0) is 9.10. The molecule has 1 aromatic rings. The smallest absolute Gasteiger partial charge is 0.153 e. The topological polar surface area (TPSA) is 26.3 Å². The number of hydrogen-bond acceptors (Lipinski definition) is 2. The first kappa shape index (κ1) is 8.45. The second-order valence-corrected chi connectivity index (χ2v) is 3.30. The Morgan fingerprint density at radius 2 is 2.00 bits per heavy atom. The van der Waals surface area contributed by atoms with Gasteiger partial charge in [-0.1, -0.05) is 30.3 Å². The third-order valence-electron chi connectivity index (χ3n) is 2.12. The van der Waals surface area contributed by atoms with Gasteiger partial charge in [0, 0.05) is 0 Å². The molecule has 13 heavy (non-hydrogen) atoms. The Morgan fingerprint density at radius 1 is 1.31 bits per heavy atom. The second kappa shape index (κ2) is 3.71. The summed E-state index contributed by atoms with van der Waals surface area (Å²) in [6, 6.07) is 9.61. The molecule has 1 aromatic carbocycles. The minimum absolute atomic E-state index is 0.315. The summed E-state index contributed by atoms with van der Waals surface area (Å²) >= 11 is 0. The average molecular weight is 176 g/mol. The van der Waals surface area contributed by atoms with Gasteiger partial charge < -0.3 is 9.53 Å². The lowest BCUT2D eigenvalue weighted by Gasteiger charge is -2.10. The summed E-state index contributed by atoms with van der Waals surface area (Å²) in [6.07, 6.45) is 3.01. The maximum atomic E-state index is 10.7. The summed E-state index contributed by atoms with van der Waals surface area (Å²) in [7, 11) is 0. The first-order chi connectivity index (χ1) is 6.40. The van der Waals surface area contributed by atoms with Crippen molar-refractivity contribution < 1.29 is 9.53 Å². The maximum Gasteiger partial charge on any atom is 0.153 e. The lowest BCUT2D eigenvalue weighted by Crippen LogP contribution is -2.06. The minimum Gasteiger partial charge on any atom is -0.363 e. The van der Waals surface area contributed by atoms with Gasteiger partial charge >= 0.3 is 0 Å². The zero-order valence-electron chi connectivity index (χ0n) is 7.35. The van der Waals surface area contributed by atoms with Crippen molar-refractivity contribution in [3.63, 3.8) is 0 Å². The van der Waals surface area contributed by atoms with Gasteiger partial charge in [0.15, 0.2) is 6.29 Å². The van der Waals surface area contributed by atoms with Crippen molar-refractivity contribution in [3.8, 4) is 0 Å². The van der Waals surface area contributed by atoms with Crippen LogP contribution in [0.3, 0.4) is 0 Å². The van der Waals surface area contributed by atoms with Gasteiger partial charge in [0.25, 0.3) is 0 Å². The van der Waals surface area contributed by atoms with E-state index in [4.69, 9.17) is 4.74 Å². The van der Waals surface area contributed by atoms with Crippen molar-refractivity contribution in [2.45, 2.75) is 25.0 Å². The van der Waals surface area contributed by atoms with Gasteiger partial charge in [-0.2, -0.15) is 0 Å². The summed E-state index contributed by atoms with van der Waals surface area (Å²) in [6.45, 7) is 0. The second-order valence-electron chi connectivity index (χ2n) is 3.30. The summed E-state index contributed by atoms with van der Waals surface area (Å²) in [4.78, 5) is 10.7. The van der Waals surface area contributed by atoms with E-state index in [-0.39, 0.29) is 6.10 Å². The number of benzene rings is 1. The lowest BCUT2D eigenvalue weighted by molar-refractivity contribution is -0.119. The van der Waals surface area contributed by atoms with E-state index >= 15 is 0 Å². The largest absolute Gasteiger partial charge is 0.363 e. The van der Waals surface area contributed by atoms with Crippen molar-refractivity contribution in [2.75, 3.05) is 0 Å². The molecule has 1 aliphatic carbocycles. The SMILES string of the molecule is O=CC(OC1CC1)c1ccccc1. The fourth-order valence-corrected chi connectivity index (χ4v) is 1.24. The van der Waals surface area contributed by atoms with Crippen LogP contribution in [-0.2, 0) is 9.53 Å². The third kappa shape index (κ3) is 2.16. The van der Waals surface area contributed by atoms with Crippen LogP contribution in [0, 0.1) is 0 Å². The summed E-state index contributed by atoms with van der Waals surface area (Å²) in [5, 5.41) is 0. The fourth-order valence-electron chi connectivity index (χ4n) is 1.24. The lowest BCUT2D eigenvalue weighted by atomic mass is 10.1. The predicted molar refractivity (Wildman–Crippen MR) is 49.4 cm³/mol. The molecule has 1 atom stereocenters. The standard InChI is InChI=1S/C11H12O2/c12-8-11(13-10-6-7-10)9-4-2-1-3-5-9/h1-5,8,10-11H,6-7H2. The fraction of sp³-hybridized carbons (Fsp3) is 0.364. The van der Waals surface area contributed by atoms with E-state index in [2.05, 4.69) is 0 Å². The van der Waals surface area contributed by atoms with Gasteiger partial charge in [0.2, 0.25) is 0 Å². The highest BCUT2D eigenvalue weighted by molar-refractivity contribution is 5.59. The molecule has 1 fully saturated rings. The van der Waals surface area contributed by atoms with Crippen molar-refractivity contribution in [1.82, 2.24) is 0 Å². The Bertz CT molecular complexity index is 277. The molecule has 2 rings (SSSR count). The van der Waals surface area contributed by atoms with Crippen LogP contribution in [0.2, 0.25) is 0 Å². The van der Waals surface area contributed by atoms with Crippen LogP contribution in [0.5, 0.6) is 0 Å². The van der Waals surface area contributed by atoms with Crippen LogP contribution in [0.15, 0.2) is 30.3 Å². The normalized spacial score (nSPS) is 18.2. The predicted octanol–water partition coefficient (Wildman–Crippen LogP) is 2.11. The van der Waals surface area contributed by atoms with Crippen LogP contribution in [0.25, 0.3) is 0 Å². The Morgan fingerprint density at radius 3 is 2.54 bits per heavy atom. The zero-order valence-corrected chi connectivity index (χ0v) is 7.35. The molecular weight excluding hydrogens is 164 g/mol. The first-order valence-electron chi connectivity index (χ1n) is 4.56. The van der Waals surface area contributed by atoms with Gasteiger partial charge in [-0.3, -0.25) is 0 Å². The van der Waals surface area contributed by atoms with Gasteiger partial charge in [0.1, 0.15) is 6.10 Å². The molecular formula is C11H12O2. The Labute approximate surface area is 77.5 Å². The van der Waals surface area contributed by atoms with Crippen LogP contribution in [-0.4, -0.2) is 12.4 Å². The number of carbonyl (C=O) groups excluding carboxylic acids is 1. The summed E-state index contributed by atoms with van der Waals surface area (Å²) < 4.78 is 5.53. The van der Waals surface area contributed by atoms with E-state index < -0.39 is 0 Å². The van der Waals surface area contributed by atoms with Crippen LogP contribution >= 0.6 is 0 Å². The maximum absolute atomic E-state index is 10.7. The highest BCUT2D eigenvalue weighted by Gasteiger charge is 2.26. The number of aldehydes is 1. The molecule has 2 heteroatoms. The molecule has 0 aliphatic heterocycles. The molecule has 0 amide bonds. The first-order valence-corrected chi connectivity index (χ1v) is 4.56. The van der Waals surface area contributed by atoms with Gasteiger partial charge in [-0.25, -0.2) is 0 Å². The van der Waals surface area contributed by atoms with E-state index in [1.807, 2.05) is 30.3 Å². The number of rotatable bonds is 4. The minimum atomic E-state index is -0.367. The molecule has 0 radical (unpaired) electrons. The average Bonchev–Trinajstić information content (AvgIpc) is 2.99. The van der Waals surface area contributed by atoms with Gasteiger partial charge in [-0.15, -0.1) is 0 Å². The molecule has 0 N–H and O–H groups in total. The molecule has 68 valence electrons. The molecule has 1 saturated carbocycles. The molecule has 0 bridgehead atoms. The Kier molecular flexibility index (Phi) is 2.41. The van der Waals surface area contributed by atoms with E-state index in [1.165, 1.54) is 0 Å². The van der Waals surface area contributed by atoms with Crippen LogP contribution < -0.4 is 0 Å². The third-order valence-corrected chi connectivity index (χ3v) is 2.12. The van der Waals surface area contributed by atoms with E-state index in [0.29, 0.717) is 6.10 Å². The van der Waals surface area contributed by atoms with E-state index in [1.54, 1.807) is 0 Å². The molecule has 0 heterocycles. The molecule has 0 aromatic heterocycles. The van der Waals surface area contributed by atoms with Gasteiger partial charge in [-0.05, 0) is 18.4 Å². The highest BCUT2D eigenvalue weighted by Crippen LogP contribution is 2.29. The Hall–Kier alpha value is -1.15. The number of carbonyl (C=O) groups is 1. The molecule has 1 unspecified atom stereocenters. The Balaban J connectivity index is 2.06. The quantitative estimate of drug-likeness (QED) is 0.657. The molecule has 0 spiro atoms. The molecule has 1 aliphatic rings. The van der Waals surface area contributed by atoms with E-state index in [9.17, 15) is 4.79 Å². The van der Waals surface area contributed by atoms with Crippen molar-refractivity contribution >= 4 is 6.29 Å². The van der Waals surface area contributed by atoms with Gasteiger partial charge in [0.05, 0.1) is 6.10 Å². The molecule has 2 nitrogen and oxygen atoms in total. The van der Waals surface area contributed by atoms with Crippen molar-refractivity contribution in [3.05, 3.63) is 35.9 Å². The highest BCUT2D eigenvalue weighted by atomic mass is 16.5. The van der Waals surface area contributed by atoms with Crippen LogP contribution in [0.1, 0.15) is 24.5 Å². The monoisotopic (exact) mass is 176 g/mol. The number of hydrogen-bond donors (Lipinski definition) is 0. The molecule has 0 saturated heterocycles. The summed E-state index contributed by atoms with van der Waals surface area (Å²) in [5.41, 5.74) is 0.949. The van der Waals surface area contributed by atoms with Crippen molar-refractivity contribution in [2.24, 2.45) is 0 Å². The van der Waals surface area contributed by atoms with E-state index in [0.717, 1.165) is 24.7 Å². The summed E-state index contributed by atoms with van der Waals surface area (Å²) in [5.74, 6) is 0. The number of ether oxygens (including phenoxy) is 1. The van der Waals surface area contributed by atoms with Crippen molar-refractivity contribution in [1.29, 1.82) is 0 Å².